The molecule has 0 bridgehead atoms. The Kier molecular flexibility index (Phi) is 5.94. The molecule has 0 spiro atoms. The second-order valence-electron chi connectivity index (χ2n) is 6.66. The molecule has 0 amide bonds. The fraction of sp³-hybridized carbons (Fsp3) is 1.00. The van der Waals surface area contributed by atoms with Gasteiger partial charge in [0, 0.05) is 12.6 Å². The topological polar surface area (TPSA) is 32.3 Å². The zero-order chi connectivity index (χ0) is 12.9. The van der Waals surface area contributed by atoms with E-state index in [-0.39, 0.29) is 11.5 Å². The lowest BCUT2D eigenvalue weighted by Crippen LogP contribution is -2.43. The monoisotopic (exact) mass is 241 g/mol. The first-order valence-electron chi connectivity index (χ1n) is 7.36. The molecule has 0 aromatic carbocycles. The van der Waals surface area contributed by atoms with Crippen molar-refractivity contribution in [1.82, 2.24) is 5.32 Å². The summed E-state index contributed by atoms with van der Waals surface area (Å²) in [5, 5.41) is 13.3. The third kappa shape index (κ3) is 5.39. The van der Waals surface area contributed by atoms with E-state index in [9.17, 15) is 5.11 Å². The van der Waals surface area contributed by atoms with Gasteiger partial charge in [-0.05, 0) is 37.5 Å². The highest BCUT2D eigenvalue weighted by Gasteiger charge is 2.26. The van der Waals surface area contributed by atoms with Crippen LogP contribution in [-0.2, 0) is 0 Å². The lowest BCUT2D eigenvalue weighted by Gasteiger charge is -2.35. The Labute approximate surface area is 107 Å². The maximum absolute atomic E-state index is 9.50. The van der Waals surface area contributed by atoms with Crippen molar-refractivity contribution in [3.63, 3.8) is 0 Å². The Morgan fingerprint density at radius 3 is 2.53 bits per heavy atom. The number of aliphatic hydroxyl groups excluding tert-OH is 1. The van der Waals surface area contributed by atoms with Gasteiger partial charge in [-0.3, -0.25) is 0 Å². The Morgan fingerprint density at radius 2 is 1.94 bits per heavy atom. The molecule has 0 radical (unpaired) electrons. The summed E-state index contributed by atoms with van der Waals surface area (Å²) < 4.78 is 0. The van der Waals surface area contributed by atoms with Gasteiger partial charge in [-0.25, -0.2) is 0 Å². The van der Waals surface area contributed by atoms with Crippen molar-refractivity contribution >= 4 is 0 Å². The predicted octanol–water partition coefficient (Wildman–Crippen LogP) is 3.34. The molecular formula is C15H31NO. The van der Waals surface area contributed by atoms with E-state index in [1.165, 1.54) is 32.1 Å². The Morgan fingerprint density at radius 1 is 1.29 bits per heavy atom. The van der Waals surface area contributed by atoms with Crippen LogP contribution in [0.1, 0.15) is 66.2 Å². The van der Waals surface area contributed by atoms with Gasteiger partial charge < -0.3 is 10.4 Å². The van der Waals surface area contributed by atoms with Gasteiger partial charge in [0.15, 0.2) is 0 Å². The smallest absolute Gasteiger partial charge is 0.0517 e. The highest BCUT2D eigenvalue weighted by atomic mass is 16.3. The molecular weight excluding hydrogens is 210 g/mol. The van der Waals surface area contributed by atoms with Crippen LogP contribution < -0.4 is 5.32 Å². The molecule has 102 valence electrons. The van der Waals surface area contributed by atoms with Gasteiger partial charge in [0.25, 0.3) is 0 Å². The van der Waals surface area contributed by atoms with Gasteiger partial charge in [-0.1, -0.05) is 40.0 Å². The summed E-state index contributed by atoms with van der Waals surface area (Å²) in [6, 6.07) is 0.710. The van der Waals surface area contributed by atoms with E-state index < -0.39 is 0 Å². The maximum Gasteiger partial charge on any atom is 0.0517 e. The van der Waals surface area contributed by atoms with Crippen LogP contribution in [-0.4, -0.2) is 23.8 Å². The van der Waals surface area contributed by atoms with Crippen LogP contribution in [0.5, 0.6) is 0 Å². The van der Waals surface area contributed by atoms with E-state index in [4.69, 9.17) is 0 Å². The quantitative estimate of drug-likeness (QED) is 0.747. The van der Waals surface area contributed by atoms with Gasteiger partial charge >= 0.3 is 0 Å². The molecule has 1 fully saturated rings. The molecule has 2 nitrogen and oxygen atoms in total. The number of rotatable bonds is 6. The van der Waals surface area contributed by atoms with Crippen molar-refractivity contribution in [2.24, 2.45) is 11.3 Å². The molecule has 2 heteroatoms. The second-order valence-corrected chi connectivity index (χ2v) is 6.66. The summed E-state index contributed by atoms with van der Waals surface area (Å²) in [4.78, 5) is 0. The molecule has 1 aliphatic carbocycles. The fourth-order valence-electron chi connectivity index (χ4n) is 3.24. The number of aliphatic hydroxyl groups is 1. The molecule has 17 heavy (non-hydrogen) atoms. The average Bonchev–Trinajstić information content (AvgIpc) is 2.25. The van der Waals surface area contributed by atoms with Crippen LogP contribution >= 0.6 is 0 Å². The van der Waals surface area contributed by atoms with Crippen LogP contribution in [0, 0.1) is 11.3 Å². The van der Waals surface area contributed by atoms with Crippen LogP contribution in [0.4, 0.5) is 0 Å². The van der Waals surface area contributed by atoms with E-state index >= 15 is 0 Å². The highest BCUT2D eigenvalue weighted by molar-refractivity contribution is 4.83. The molecule has 1 aliphatic rings. The Bertz CT molecular complexity index is 213. The zero-order valence-electron chi connectivity index (χ0n) is 12.1. The molecule has 0 aromatic heterocycles. The van der Waals surface area contributed by atoms with Crippen LogP contribution in [0.25, 0.3) is 0 Å². The maximum atomic E-state index is 9.50. The summed E-state index contributed by atoms with van der Waals surface area (Å²) in [5.74, 6) is 0.867. The Hall–Kier alpha value is -0.0800. The van der Waals surface area contributed by atoms with Crippen molar-refractivity contribution in [3.8, 4) is 0 Å². The predicted molar refractivity (Wildman–Crippen MR) is 74.1 cm³/mol. The van der Waals surface area contributed by atoms with E-state index in [0.717, 1.165) is 18.9 Å². The molecule has 2 N–H and O–H groups in total. The summed E-state index contributed by atoms with van der Waals surface area (Å²) >= 11 is 0. The van der Waals surface area contributed by atoms with Crippen molar-refractivity contribution in [3.05, 3.63) is 0 Å². The van der Waals surface area contributed by atoms with E-state index in [2.05, 4.69) is 26.1 Å². The average molecular weight is 241 g/mol. The summed E-state index contributed by atoms with van der Waals surface area (Å²) in [6.45, 7) is 9.72. The second kappa shape index (κ2) is 6.75. The third-order valence-electron chi connectivity index (χ3n) is 4.12. The van der Waals surface area contributed by atoms with Gasteiger partial charge in [-0.15, -0.1) is 0 Å². The van der Waals surface area contributed by atoms with Crippen LogP contribution in [0.3, 0.4) is 0 Å². The normalized spacial score (nSPS) is 28.1. The van der Waals surface area contributed by atoms with Gasteiger partial charge in [0.2, 0.25) is 0 Å². The first kappa shape index (κ1) is 15.0. The van der Waals surface area contributed by atoms with Gasteiger partial charge in [-0.2, -0.15) is 0 Å². The highest BCUT2D eigenvalue weighted by Crippen LogP contribution is 2.28. The summed E-state index contributed by atoms with van der Waals surface area (Å²) in [5.41, 5.74) is 0.198. The van der Waals surface area contributed by atoms with Crippen molar-refractivity contribution < 1.29 is 5.11 Å². The van der Waals surface area contributed by atoms with Gasteiger partial charge in [0.05, 0.1) is 6.10 Å². The number of hydrogen-bond donors (Lipinski definition) is 2. The number of nitrogens with one attached hydrogen (secondary N) is 1. The lowest BCUT2D eigenvalue weighted by molar-refractivity contribution is 0.121. The molecule has 1 saturated carbocycles. The van der Waals surface area contributed by atoms with Crippen molar-refractivity contribution in [2.45, 2.75) is 78.4 Å². The fourth-order valence-corrected chi connectivity index (χ4v) is 3.24. The minimum absolute atomic E-state index is 0.194. The molecule has 0 saturated heterocycles. The van der Waals surface area contributed by atoms with Crippen molar-refractivity contribution in [2.75, 3.05) is 6.54 Å². The SMILES string of the molecule is CCC1CCCCC1NCC(C)(C)CC(C)O. The first-order valence-corrected chi connectivity index (χ1v) is 7.36. The standard InChI is InChI=1S/C15H31NO/c1-5-13-8-6-7-9-14(13)16-11-15(3,4)10-12(2)17/h12-14,16-17H,5-11H2,1-4H3. The molecule has 0 aliphatic heterocycles. The van der Waals surface area contributed by atoms with Crippen molar-refractivity contribution in [1.29, 1.82) is 0 Å². The minimum Gasteiger partial charge on any atom is -0.393 e. The third-order valence-corrected chi connectivity index (χ3v) is 4.12. The van der Waals surface area contributed by atoms with E-state index in [1.807, 2.05) is 6.92 Å². The minimum atomic E-state index is -0.194. The van der Waals surface area contributed by atoms with E-state index in [1.54, 1.807) is 0 Å². The van der Waals surface area contributed by atoms with Gasteiger partial charge in [0.1, 0.15) is 0 Å². The summed E-state index contributed by atoms with van der Waals surface area (Å²) in [6.07, 6.45) is 7.51. The molecule has 0 heterocycles. The van der Waals surface area contributed by atoms with Crippen LogP contribution in [0.2, 0.25) is 0 Å². The molecule has 3 unspecified atom stereocenters. The molecule has 3 atom stereocenters. The van der Waals surface area contributed by atoms with E-state index in [0.29, 0.717) is 6.04 Å². The molecule has 1 rings (SSSR count). The zero-order valence-corrected chi connectivity index (χ0v) is 12.1. The largest absolute Gasteiger partial charge is 0.393 e. The first-order chi connectivity index (χ1) is 7.94. The molecule has 0 aromatic rings. The number of hydrogen-bond acceptors (Lipinski definition) is 2. The summed E-state index contributed by atoms with van der Waals surface area (Å²) in [7, 11) is 0. The van der Waals surface area contributed by atoms with Crippen LogP contribution in [0.15, 0.2) is 0 Å². The Balaban J connectivity index is 2.37. The lowest BCUT2D eigenvalue weighted by atomic mass is 9.81.